The fraction of sp³-hybridized carbons (Fsp3) is 0.259. The molecule has 1 unspecified atom stereocenters. The van der Waals surface area contributed by atoms with Gasteiger partial charge in [-0.3, -0.25) is 9.79 Å². The second kappa shape index (κ2) is 9.25. The Kier molecular flexibility index (Phi) is 6.43. The molecule has 3 aromatic carbocycles. The van der Waals surface area contributed by atoms with Crippen molar-refractivity contribution in [3.63, 3.8) is 0 Å². The zero-order chi connectivity index (χ0) is 22.8. The number of fused-ring (bicyclic) bond motifs is 1. The van der Waals surface area contributed by atoms with Gasteiger partial charge < -0.3 is 4.90 Å². The van der Waals surface area contributed by atoms with Gasteiger partial charge in [0.15, 0.2) is 0 Å². The number of hydrogen-bond acceptors (Lipinski definition) is 2. The summed E-state index contributed by atoms with van der Waals surface area (Å²) in [4.78, 5) is 20.0. The summed E-state index contributed by atoms with van der Waals surface area (Å²) in [6, 6.07) is 17.5. The lowest BCUT2D eigenvalue weighted by Gasteiger charge is -2.21. The number of anilines is 1. The monoisotopic (exact) mass is 448 g/mol. The second-order valence-corrected chi connectivity index (χ2v) is 8.51. The summed E-state index contributed by atoms with van der Waals surface area (Å²) < 4.78 is 13.6. The third-order valence-corrected chi connectivity index (χ3v) is 6.29. The van der Waals surface area contributed by atoms with E-state index in [0.29, 0.717) is 17.2 Å². The molecule has 0 bridgehead atoms. The first-order valence-electron chi connectivity index (χ1n) is 10.9. The molecular weight excluding hydrogens is 423 g/mol. The minimum atomic E-state index is -0.594. The molecule has 0 saturated heterocycles. The first-order chi connectivity index (χ1) is 15.4. The zero-order valence-electron chi connectivity index (χ0n) is 18.5. The van der Waals surface area contributed by atoms with Crippen molar-refractivity contribution in [3.05, 3.63) is 99.3 Å². The summed E-state index contributed by atoms with van der Waals surface area (Å²) in [7, 11) is 1.77. The molecule has 1 aliphatic heterocycles. The van der Waals surface area contributed by atoms with E-state index in [1.807, 2.05) is 12.1 Å². The van der Waals surface area contributed by atoms with E-state index in [1.54, 1.807) is 30.1 Å². The number of hydrogen-bond donors (Lipinski definition) is 0. The molecule has 0 N–H and O–H groups in total. The van der Waals surface area contributed by atoms with Crippen LogP contribution in [-0.4, -0.2) is 24.7 Å². The second-order valence-electron chi connectivity index (χ2n) is 8.07. The molecule has 3 aromatic rings. The summed E-state index contributed by atoms with van der Waals surface area (Å²) in [5.41, 5.74) is 6.61. The van der Waals surface area contributed by atoms with Crippen LogP contribution in [0.5, 0.6) is 0 Å². The number of halogens is 2. The van der Waals surface area contributed by atoms with Gasteiger partial charge in [-0.1, -0.05) is 43.6 Å². The van der Waals surface area contributed by atoms with Crippen molar-refractivity contribution in [1.82, 2.24) is 0 Å². The Morgan fingerprint density at radius 2 is 1.69 bits per heavy atom. The Morgan fingerprint density at radius 3 is 2.38 bits per heavy atom. The van der Waals surface area contributed by atoms with Gasteiger partial charge in [-0.05, 0) is 72.0 Å². The molecule has 0 saturated carbocycles. The molecule has 1 heterocycles. The Hall–Kier alpha value is -2.98. The molecule has 0 aliphatic carbocycles. The minimum Gasteiger partial charge on any atom is -0.313 e. The van der Waals surface area contributed by atoms with E-state index in [4.69, 9.17) is 16.6 Å². The van der Waals surface area contributed by atoms with Gasteiger partial charge in [0.1, 0.15) is 11.9 Å². The van der Waals surface area contributed by atoms with E-state index < -0.39 is 6.04 Å². The van der Waals surface area contributed by atoms with Crippen LogP contribution >= 0.6 is 11.6 Å². The van der Waals surface area contributed by atoms with E-state index in [9.17, 15) is 9.18 Å². The van der Waals surface area contributed by atoms with Gasteiger partial charge in [-0.15, -0.1) is 0 Å². The number of nitrogens with zero attached hydrogens (tertiary/aromatic N) is 2. The highest BCUT2D eigenvalue weighted by molar-refractivity contribution is 6.32. The van der Waals surface area contributed by atoms with Crippen molar-refractivity contribution in [2.24, 2.45) is 4.99 Å². The average Bonchev–Trinajstić information content (AvgIpc) is 2.90. The maximum absolute atomic E-state index is 13.6. The Bertz CT molecular complexity index is 1190. The molecule has 0 aromatic heterocycles. The predicted octanol–water partition coefficient (Wildman–Crippen LogP) is 6.03. The SMILES string of the molecule is CCc1ccc(CC2N=C(c3ccc(F)cc3)c3cc(Cl)ccc3N(C)C2=O)cc1CC. The van der Waals surface area contributed by atoms with Crippen LogP contribution in [0.1, 0.15) is 41.7 Å². The highest BCUT2D eigenvalue weighted by atomic mass is 35.5. The van der Waals surface area contributed by atoms with Crippen molar-refractivity contribution in [2.75, 3.05) is 11.9 Å². The number of aryl methyl sites for hydroxylation is 2. The van der Waals surface area contributed by atoms with Gasteiger partial charge in [0.05, 0.1) is 11.4 Å². The maximum atomic E-state index is 13.6. The molecule has 4 rings (SSSR count). The smallest absolute Gasteiger partial charge is 0.251 e. The molecule has 5 heteroatoms. The lowest BCUT2D eigenvalue weighted by atomic mass is 9.96. The zero-order valence-corrected chi connectivity index (χ0v) is 19.3. The molecule has 1 atom stereocenters. The van der Waals surface area contributed by atoms with Gasteiger partial charge in [-0.2, -0.15) is 0 Å². The number of carbonyl (C=O) groups is 1. The lowest BCUT2D eigenvalue weighted by molar-refractivity contribution is -0.119. The molecule has 0 fully saturated rings. The van der Waals surface area contributed by atoms with Gasteiger partial charge in [0.2, 0.25) is 0 Å². The van der Waals surface area contributed by atoms with Crippen LogP contribution in [0.2, 0.25) is 5.02 Å². The van der Waals surface area contributed by atoms with Crippen molar-refractivity contribution in [2.45, 2.75) is 39.2 Å². The highest BCUT2D eigenvalue weighted by Gasteiger charge is 2.30. The van der Waals surface area contributed by atoms with Crippen molar-refractivity contribution in [3.8, 4) is 0 Å². The number of amides is 1. The fourth-order valence-corrected chi connectivity index (χ4v) is 4.46. The van der Waals surface area contributed by atoms with Crippen LogP contribution in [-0.2, 0) is 24.1 Å². The molecule has 1 aliphatic rings. The summed E-state index contributed by atoms with van der Waals surface area (Å²) in [5.74, 6) is -0.398. The van der Waals surface area contributed by atoms with Crippen LogP contribution in [0, 0.1) is 5.82 Å². The largest absolute Gasteiger partial charge is 0.313 e. The summed E-state index contributed by atoms with van der Waals surface area (Å²) in [6.07, 6.45) is 2.42. The van der Waals surface area contributed by atoms with E-state index in [-0.39, 0.29) is 11.7 Å². The van der Waals surface area contributed by atoms with Crippen molar-refractivity contribution in [1.29, 1.82) is 0 Å². The first-order valence-corrected chi connectivity index (χ1v) is 11.3. The molecule has 0 radical (unpaired) electrons. The minimum absolute atomic E-state index is 0.0803. The molecule has 32 heavy (non-hydrogen) atoms. The average molecular weight is 449 g/mol. The van der Waals surface area contributed by atoms with Crippen LogP contribution in [0.3, 0.4) is 0 Å². The summed E-state index contributed by atoms with van der Waals surface area (Å²) in [5, 5.41) is 0.556. The van der Waals surface area contributed by atoms with Gasteiger partial charge in [0.25, 0.3) is 5.91 Å². The van der Waals surface area contributed by atoms with E-state index in [0.717, 1.165) is 35.2 Å². The number of aliphatic imine (C=N–C) groups is 1. The normalized spacial score (nSPS) is 15.9. The van der Waals surface area contributed by atoms with Crippen LogP contribution in [0.25, 0.3) is 0 Å². The number of carbonyl (C=O) groups excluding carboxylic acids is 1. The molecule has 0 spiro atoms. The van der Waals surface area contributed by atoms with Crippen molar-refractivity contribution < 1.29 is 9.18 Å². The van der Waals surface area contributed by atoms with Gasteiger partial charge in [-0.25, -0.2) is 4.39 Å². The third kappa shape index (κ3) is 4.33. The number of rotatable bonds is 5. The summed E-state index contributed by atoms with van der Waals surface area (Å²) >= 11 is 6.30. The fourth-order valence-electron chi connectivity index (χ4n) is 4.29. The topological polar surface area (TPSA) is 32.7 Å². The standard InChI is InChI=1S/C27H26ClFN2O/c1-4-18-7-6-17(14-19(18)5-2)15-24-27(32)31(3)25-13-10-21(28)16-23(25)26(30-24)20-8-11-22(29)12-9-20/h6-14,16,24H,4-5,15H2,1-3H3. The van der Waals surface area contributed by atoms with Crippen LogP contribution in [0.15, 0.2) is 65.7 Å². The molecule has 164 valence electrons. The Balaban J connectivity index is 1.82. The number of benzene rings is 3. The Labute approximate surface area is 193 Å². The summed E-state index contributed by atoms with van der Waals surface area (Å²) in [6.45, 7) is 4.30. The van der Waals surface area contributed by atoms with Crippen LogP contribution in [0.4, 0.5) is 10.1 Å². The van der Waals surface area contributed by atoms with Crippen LogP contribution < -0.4 is 4.90 Å². The van der Waals surface area contributed by atoms with Gasteiger partial charge in [0, 0.05) is 29.6 Å². The van der Waals surface area contributed by atoms with E-state index in [1.165, 1.54) is 23.3 Å². The first kappa shape index (κ1) is 22.2. The van der Waals surface area contributed by atoms with Crippen molar-refractivity contribution >= 4 is 28.9 Å². The maximum Gasteiger partial charge on any atom is 0.251 e. The lowest BCUT2D eigenvalue weighted by Crippen LogP contribution is -2.36. The molecule has 1 amide bonds. The van der Waals surface area contributed by atoms with Gasteiger partial charge >= 0.3 is 0 Å². The predicted molar refractivity (Wildman–Crippen MR) is 130 cm³/mol. The number of likely N-dealkylation sites (N-methyl/N-ethyl adjacent to an activating group) is 1. The van der Waals surface area contributed by atoms with E-state index >= 15 is 0 Å². The molecule has 3 nitrogen and oxygen atoms in total. The third-order valence-electron chi connectivity index (χ3n) is 6.05. The van der Waals surface area contributed by atoms with E-state index in [2.05, 4.69) is 32.0 Å². The number of benzodiazepines with no additional fused rings is 1. The Morgan fingerprint density at radius 1 is 0.969 bits per heavy atom. The quantitative estimate of drug-likeness (QED) is 0.469. The highest BCUT2D eigenvalue weighted by Crippen LogP contribution is 2.31. The molecular formula is C27H26ClFN2O.